The standard InChI is InChI=1S/C14H12N2O3/c17-11-5-10(6-12(18)7-11)14(19)16-4-2-9-8-15-3-1-13(9)16/h1,3,5-8,17-18H,2,4H2. The molecule has 0 radical (unpaired) electrons. The van der Waals surface area contributed by atoms with E-state index in [9.17, 15) is 15.0 Å². The molecule has 5 heteroatoms. The number of hydrogen-bond donors (Lipinski definition) is 2. The van der Waals surface area contributed by atoms with Gasteiger partial charge < -0.3 is 15.1 Å². The molecule has 1 aromatic carbocycles. The van der Waals surface area contributed by atoms with Crippen molar-refractivity contribution >= 4 is 11.6 Å². The summed E-state index contributed by atoms with van der Waals surface area (Å²) in [6.45, 7) is 0.580. The van der Waals surface area contributed by atoms with Crippen LogP contribution >= 0.6 is 0 Å². The maximum Gasteiger partial charge on any atom is 0.258 e. The number of aromatic nitrogens is 1. The molecule has 0 unspecified atom stereocenters. The molecular formula is C14H12N2O3. The predicted molar refractivity (Wildman–Crippen MR) is 69.4 cm³/mol. The van der Waals surface area contributed by atoms with Gasteiger partial charge in [-0.05, 0) is 30.2 Å². The Kier molecular flexibility index (Phi) is 2.59. The molecule has 1 aliphatic rings. The summed E-state index contributed by atoms with van der Waals surface area (Å²) >= 11 is 0. The second-order valence-electron chi connectivity index (χ2n) is 4.45. The number of carbonyl (C=O) groups excluding carboxylic acids is 1. The fourth-order valence-corrected chi connectivity index (χ4v) is 2.31. The molecule has 96 valence electrons. The van der Waals surface area contributed by atoms with Crippen molar-refractivity contribution in [3.05, 3.63) is 47.8 Å². The van der Waals surface area contributed by atoms with Crippen LogP contribution < -0.4 is 4.90 Å². The molecule has 2 aromatic rings. The average molecular weight is 256 g/mol. The molecule has 5 nitrogen and oxygen atoms in total. The van der Waals surface area contributed by atoms with Crippen LogP contribution in [0.1, 0.15) is 15.9 Å². The molecule has 0 aliphatic carbocycles. The fourth-order valence-electron chi connectivity index (χ4n) is 2.31. The largest absolute Gasteiger partial charge is 0.508 e. The van der Waals surface area contributed by atoms with Gasteiger partial charge in [0.05, 0.1) is 5.69 Å². The number of phenolic OH excluding ortho intramolecular Hbond substituents is 2. The highest BCUT2D eigenvalue weighted by atomic mass is 16.3. The number of benzene rings is 1. The van der Waals surface area contributed by atoms with Crippen LogP contribution in [0.5, 0.6) is 11.5 Å². The Labute approximate surface area is 109 Å². The van der Waals surface area contributed by atoms with Gasteiger partial charge >= 0.3 is 0 Å². The molecule has 0 saturated heterocycles. The molecule has 0 saturated carbocycles. The number of aromatic hydroxyl groups is 2. The highest BCUT2D eigenvalue weighted by Gasteiger charge is 2.25. The van der Waals surface area contributed by atoms with Crippen molar-refractivity contribution in [2.24, 2.45) is 0 Å². The van der Waals surface area contributed by atoms with Crippen molar-refractivity contribution < 1.29 is 15.0 Å². The summed E-state index contributed by atoms with van der Waals surface area (Å²) in [5, 5.41) is 18.9. The molecule has 0 spiro atoms. The first kappa shape index (κ1) is 11.5. The second kappa shape index (κ2) is 4.28. The van der Waals surface area contributed by atoms with Gasteiger partial charge in [0.1, 0.15) is 11.5 Å². The van der Waals surface area contributed by atoms with Gasteiger partial charge in [0.25, 0.3) is 5.91 Å². The molecule has 3 rings (SSSR count). The van der Waals surface area contributed by atoms with Crippen molar-refractivity contribution in [1.82, 2.24) is 4.98 Å². The Morgan fingerprint density at radius 3 is 2.68 bits per heavy atom. The van der Waals surface area contributed by atoms with Gasteiger partial charge in [0.15, 0.2) is 0 Å². The van der Waals surface area contributed by atoms with E-state index in [0.717, 1.165) is 17.7 Å². The first-order valence-electron chi connectivity index (χ1n) is 5.93. The number of nitrogens with zero attached hydrogens (tertiary/aromatic N) is 2. The van der Waals surface area contributed by atoms with Crippen LogP contribution in [0.15, 0.2) is 36.7 Å². The predicted octanol–water partition coefficient (Wildman–Crippen LogP) is 1.70. The highest BCUT2D eigenvalue weighted by molar-refractivity contribution is 6.07. The SMILES string of the molecule is O=C(c1cc(O)cc(O)c1)N1CCc2cnccc21. The van der Waals surface area contributed by atoms with Gasteiger partial charge in [-0.25, -0.2) is 0 Å². The number of rotatable bonds is 1. The van der Waals surface area contributed by atoms with Crippen molar-refractivity contribution in [2.45, 2.75) is 6.42 Å². The fraction of sp³-hybridized carbons (Fsp3) is 0.143. The lowest BCUT2D eigenvalue weighted by molar-refractivity contribution is 0.0988. The minimum Gasteiger partial charge on any atom is -0.508 e. The Balaban J connectivity index is 1.98. The van der Waals surface area contributed by atoms with Crippen molar-refractivity contribution in [3.8, 4) is 11.5 Å². The minimum absolute atomic E-state index is 0.127. The number of amides is 1. The Bertz CT molecular complexity index is 635. The first-order valence-corrected chi connectivity index (χ1v) is 5.93. The smallest absolute Gasteiger partial charge is 0.258 e. The summed E-state index contributed by atoms with van der Waals surface area (Å²) in [5.41, 5.74) is 2.13. The third-order valence-electron chi connectivity index (χ3n) is 3.17. The quantitative estimate of drug-likeness (QED) is 0.814. The Morgan fingerprint density at radius 1 is 1.21 bits per heavy atom. The van der Waals surface area contributed by atoms with E-state index in [-0.39, 0.29) is 23.0 Å². The molecule has 19 heavy (non-hydrogen) atoms. The third kappa shape index (κ3) is 1.99. The molecule has 2 heterocycles. The number of anilines is 1. The zero-order chi connectivity index (χ0) is 13.4. The van der Waals surface area contributed by atoms with E-state index in [4.69, 9.17) is 0 Å². The molecular weight excluding hydrogens is 244 g/mol. The highest BCUT2D eigenvalue weighted by Crippen LogP contribution is 2.29. The summed E-state index contributed by atoms with van der Waals surface area (Å²) in [7, 11) is 0. The van der Waals surface area contributed by atoms with E-state index in [1.54, 1.807) is 23.4 Å². The minimum atomic E-state index is -0.240. The summed E-state index contributed by atoms with van der Waals surface area (Å²) in [6.07, 6.45) is 4.16. The van der Waals surface area contributed by atoms with Gasteiger partial charge in [-0.1, -0.05) is 0 Å². The van der Waals surface area contributed by atoms with Gasteiger partial charge in [0.2, 0.25) is 0 Å². The Morgan fingerprint density at radius 2 is 1.95 bits per heavy atom. The van der Waals surface area contributed by atoms with E-state index < -0.39 is 0 Å². The summed E-state index contributed by atoms with van der Waals surface area (Å²) in [5.74, 6) is -0.494. The van der Waals surface area contributed by atoms with E-state index in [1.807, 2.05) is 0 Å². The summed E-state index contributed by atoms with van der Waals surface area (Å²) in [6, 6.07) is 5.68. The summed E-state index contributed by atoms with van der Waals surface area (Å²) in [4.78, 5) is 18.1. The van der Waals surface area contributed by atoms with Crippen LogP contribution in [0.4, 0.5) is 5.69 Å². The second-order valence-corrected chi connectivity index (χ2v) is 4.45. The van der Waals surface area contributed by atoms with Gasteiger partial charge in [0, 0.05) is 30.6 Å². The van der Waals surface area contributed by atoms with Gasteiger partial charge in [-0.15, -0.1) is 0 Å². The van der Waals surface area contributed by atoms with Crippen LogP contribution in [0.25, 0.3) is 0 Å². The number of fused-ring (bicyclic) bond motifs is 1. The molecule has 1 aliphatic heterocycles. The van der Waals surface area contributed by atoms with Gasteiger partial charge in [-0.2, -0.15) is 0 Å². The lowest BCUT2D eigenvalue weighted by Crippen LogP contribution is -2.28. The topological polar surface area (TPSA) is 73.7 Å². The number of phenols is 2. The van der Waals surface area contributed by atoms with E-state index in [0.29, 0.717) is 6.54 Å². The maximum atomic E-state index is 12.4. The zero-order valence-corrected chi connectivity index (χ0v) is 10.1. The number of carbonyl (C=O) groups is 1. The molecule has 0 atom stereocenters. The molecule has 0 fully saturated rings. The number of hydrogen-bond acceptors (Lipinski definition) is 4. The van der Waals surface area contributed by atoms with Crippen LogP contribution in [-0.4, -0.2) is 27.6 Å². The van der Waals surface area contributed by atoms with Crippen molar-refractivity contribution in [1.29, 1.82) is 0 Å². The molecule has 0 bridgehead atoms. The van der Waals surface area contributed by atoms with Crippen LogP contribution in [0.2, 0.25) is 0 Å². The van der Waals surface area contributed by atoms with Gasteiger partial charge in [-0.3, -0.25) is 9.78 Å². The molecule has 1 aromatic heterocycles. The van der Waals surface area contributed by atoms with Crippen molar-refractivity contribution in [3.63, 3.8) is 0 Å². The summed E-state index contributed by atoms with van der Waals surface area (Å²) < 4.78 is 0. The molecule has 2 N–H and O–H groups in total. The lowest BCUT2D eigenvalue weighted by atomic mass is 10.1. The average Bonchev–Trinajstić information content (AvgIpc) is 2.80. The lowest BCUT2D eigenvalue weighted by Gasteiger charge is -2.17. The monoisotopic (exact) mass is 256 g/mol. The van der Waals surface area contributed by atoms with Crippen LogP contribution in [0, 0.1) is 0 Å². The van der Waals surface area contributed by atoms with Crippen LogP contribution in [-0.2, 0) is 6.42 Å². The zero-order valence-electron chi connectivity index (χ0n) is 10.1. The van der Waals surface area contributed by atoms with Crippen molar-refractivity contribution in [2.75, 3.05) is 11.4 Å². The van der Waals surface area contributed by atoms with E-state index in [1.165, 1.54) is 18.2 Å². The van der Waals surface area contributed by atoms with Crippen LogP contribution in [0.3, 0.4) is 0 Å². The third-order valence-corrected chi connectivity index (χ3v) is 3.17. The normalized spacial score (nSPS) is 13.4. The molecule has 1 amide bonds. The number of pyridine rings is 1. The van der Waals surface area contributed by atoms with E-state index in [2.05, 4.69) is 4.98 Å². The Hall–Kier alpha value is -2.56. The first-order chi connectivity index (χ1) is 9.15. The maximum absolute atomic E-state index is 12.4. The van der Waals surface area contributed by atoms with E-state index >= 15 is 0 Å².